The SMILES string of the molecule is CCC(C)N(CC)C(CN)c1sccc1Br. The van der Waals surface area contributed by atoms with Crippen molar-refractivity contribution in [2.24, 2.45) is 5.73 Å². The van der Waals surface area contributed by atoms with E-state index in [2.05, 4.69) is 53.0 Å². The summed E-state index contributed by atoms with van der Waals surface area (Å²) in [4.78, 5) is 3.83. The Morgan fingerprint density at radius 3 is 2.56 bits per heavy atom. The highest BCUT2D eigenvalue weighted by Crippen LogP contribution is 2.33. The zero-order valence-corrected chi connectivity index (χ0v) is 12.6. The lowest BCUT2D eigenvalue weighted by Crippen LogP contribution is -2.39. The van der Waals surface area contributed by atoms with Gasteiger partial charge in [-0.1, -0.05) is 13.8 Å². The zero-order chi connectivity index (χ0) is 12.1. The van der Waals surface area contributed by atoms with Crippen molar-refractivity contribution in [3.05, 3.63) is 20.8 Å². The lowest BCUT2D eigenvalue weighted by Gasteiger charge is -2.34. The van der Waals surface area contributed by atoms with E-state index in [4.69, 9.17) is 5.73 Å². The number of nitrogens with zero attached hydrogens (tertiary/aromatic N) is 1. The summed E-state index contributed by atoms with van der Waals surface area (Å²) in [6.07, 6.45) is 1.16. The fourth-order valence-electron chi connectivity index (χ4n) is 2.01. The lowest BCUT2D eigenvalue weighted by atomic mass is 10.1. The van der Waals surface area contributed by atoms with E-state index >= 15 is 0 Å². The third-order valence-electron chi connectivity index (χ3n) is 3.09. The summed E-state index contributed by atoms with van der Waals surface area (Å²) in [5.74, 6) is 0. The van der Waals surface area contributed by atoms with Gasteiger partial charge in [-0.25, -0.2) is 0 Å². The first kappa shape index (κ1) is 14.2. The Labute approximate surface area is 111 Å². The van der Waals surface area contributed by atoms with Crippen LogP contribution in [0.5, 0.6) is 0 Å². The molecule has 1 heterocycles. The minimum absolute atomic E-state index is 0.342. The molecule has 0 fully saturated rings. The van der Waals surface area contributed by atoms with Crippen molar-refractivity contribution in [1.29, 1.82) is 0 Å². The van der Waals surface area contributed by atoms with Crippen LogP contribution in [0.4, 0.5) is 0 Å². The lowest BCUT2D eigenvalue weighted by molar-refractivity contribution is 0.154. The van der Waals surface area contributed by atoms with E-state index < -0.39 is 0 Å². The van der Waals surface area contributed by atoms with Gasteiger partial charge in [0.25, 0.3) is 0 Å². The van der Waals surface area contributed by atoms with Crippen molar-refractivity contribution >= 4 is 27.3 Å². The molecule has 0 amide bonds. The van der Waals surface area contributed by atoms with Gasteiger partial charge in [0.15, 0.2) is 0 Å². The van der Waals surface area contributed by atoms with Crippen LogP contribution in [0.2, 0.25) is 0 Å². The van der Waals surface area contributed by atoms with Gasteiger partial charge in [-0.15, -0.1) is 11.3 Å². The van der Waals surface area contributed by atoms with Crippen LogP contribution >= 0.6 is 27.3 Å². The predicted octanol–water partition coefficient (Wildman–Crippen LogP) is 3.63. The van der Waals surface area contributed by atoms with Crippen LogP contribution in [-0.2, 0) is 0 Å². The first-order valence-corrected chi connectivity index (χ1v) is 7.51. The summed E-state index contributed by atoms with van der Waals surface area (Å²) in [6, 6.07) is 3.02. The molecule has 0 aliphatic heterocycles. The molecule has 2 N–H and O–H groups in total. The molecule has 0 aliphatic carbocycles. The predicted molar refractivity (Wildman–Crippen MR) is 75.9 cm³/mol. The number of rotatable bonds is 6. The van der Waals surface area contributed by atoms with Gasteiger partial charge in [-0.3, -0.25) is 4.90 Å². The Balaban J connectivity index is 2.92. The molecule has 1 aromatic rings. The average molecular weight is 305 g/mol. The summed E-state index contributed by atoms with van der Waals surface area (Å²) in [5.41, 5.74) is 5.95. The van der Waals surface area contributed by atoms with E-state index in [0.29, 0.717) is 18.6 Å². The summed E-state index contributed by atoms with van der Waals surface area (Å²) in [5, 5.41) is 2.12. The van der Waals surface area contributed by atoms with Crippen molar-refractivity contribution in [2.45, 2.75) is 39.3 Å². The number of halogens is 1. The average Bonchev–Trinajstić information content (AvgIpc) is 2.71. The Kier molecular flexibility index (Phi) is 5.97. The first-order valence-electron chi connectivity index (χ1n) is 5.84. The van der Waals surface area contributed by atoms with Crippen molar-refractivity contribution in [3.63, 3.8) is 0 Å². The van der Waals surface area contributed by atoms with Crippen LogP contribution < -0.4 is 5.73 Å². The van der Waals surface area contributed by atoms with Crippen molar-refractivity contribution in [1.82, 2.24) is 4.90 Å². The molecule has 1 rings (SSSR count). The molecule has 92 valence electrons. The molecule has 0 radical (unpaired) electrons. The van der Waals surface area contributed by atoms with Gasteiger partial charge in [0, 0.05) is 21.9 Å². The normalized spacial score (nSPS) is 15.4. The highest BCUT2D eigenvalue weighted by molar-refractivity contribution is 9.10. The van der Waals surface area contributed by atoms with E-state index in [9.17, 15) is 0 Å². The molecule has 4 heteroatoms. The number of hydrogen-bond acceptors (Lipinski definition) is 3. The van der Waals surface area contributed by atoms with Crippen molar-refractivity contribution in [3.8, 4) is 0 Å². The zero-order valence-electron chi connectivity index (χ0n) is 10.2. The van der Waals surface area contributed by atoms with Crippen LogP contribution in [0, 0.1) is 0 Å². The van der Waals surface area contributed by atoms with Gasteiger partial charge < -0.3 is 5.73 Å². The van der Waals surface area contributed by atoms with Crippen molar-refractivity contribution in [2.75, 3.05) is 13.1 Å². The molecule has 2 unspecified atom stereocenters. The largest absolute Gasteiger partial charge is 0.329 e. The molecule has 0 spiro atoms. The maximum absolute atomic E-state index is 5.95. The van der Waals surface area contributed by atoms with E-state index in [1.807, 2.05) is 0 Å². The summed E-state index contributed by atoms with van der Waals surface area (Å²) in [6.45, 7) is 8.42. The fraction of sp³-hybridized carbons (Fsp3) is 0.667. The molecule has 0 aliphatic rings. The minimum Gasteiger partial charge on any atom is -0.329 e. The van der Waals surface area contributed by atoms with Gasteiger partial charge in [-0.2, -0.15) is 0 Å². The molecule has 0 bridgehead atoms. The Hall–Kier alpha value is 0.100. The highest BCUT2D eigenvalue weighted by Gasteiger charge is 2.24. The molecule has 2 nitrogen and oxygen atoms in total. The number of nitrogens with two attached hydrogens (primary N) is 1. The second-order valence-corrected chi connectivity index (χ2v) is 5.77. The van der Waals surface area contributed by atoms with Crippen LogP contribution in [0.25, 0.3) is 0 Å². The van der Waals surface area contributed by atoms with E-state index in [0.717, 1.165) is 13.0 Å². The Bertz CT molecular complexity index is 314. The fourth-order valence-corrected chi connectivity index (χ4v) is 3.78. The molecule has 1 aromatic heterocycles. The second-order valence-electron chi connectivity index (χ2n) is 3.97. The minimum atomic E-state index is 0.342. The van der Waals surface area contributed by atoms with Gasteiger partial charge >= 0.3 is 0 Å². The quantitative estimate of drug-likeness (QED) is 0.869. The smallest absolute Gasteiger partial charge is 0.0577 e. The number of likely N-dealkylation sites (N-methyl/N-ethyl adjacent to an activating group) is 1. The third kappa shape index (κ3) is 3.06. The second kappa shape index (κ2) is 6.74. The highest BCUT2D eigenvalue weighted by atomic mass is 79.9. The summed E-state index contributed by atoms with van der Waals surface area (Å²) < 4.78 is 1.19. The topological polar surface area (TPSA) is 29.3 Å². The van der Waals surface area contributed by atoms with Crippen LogP contribution in [0.15, 0.2) is 15.9 Å². The third-order valence-corrected chi connectivity index (χ3v) is 5.07. The maximum atomic E-state index is 5.95. The van der Waals surface area contributed by atoms with Crippen molar-refractivity contribution < 1.29 is 0 Å². The molecule has 16 heavy (non-hydrogen) atoms. The van der Waals surface area contributed by atoms with Crippen LogP contribution in [0.3, 0.4) is 0 Å². The Morgan fingerprint density at radius 2 is 2.19 bits per heavy atom. The Morgan fingerprint density at radius 1 is 1.50 bits per heavy atom. The van der Waals surface area contributed by atoms with Crippen LogP contribution in [-0.4, -0.2) is 24.0 Å². The monoisotopic (exact) mass is 304 g/mol. The molecule has 0 saturated heterocycles. The van der Waals surface area contributed by atoms with E-state index in [1.165, 1.54) is 9.35 Å². The molecule has 2 atom stereocenters. The van der Waals surface area contributed by atoms with Gasteiger partial charge in [0.2, 0.25) is 0 Å². The maximum Gasteiger partial charge on any atom is 0.0577 e. The molecule has 0 saturated carbocycles. The van der Waals surface area contributed by atoms with Gasteiger partial charge in [0.1, 0.15) is 0 Å². The first-order chi connectivity index (χ1) is 7.65. The number of hydrogen-bond donors (Lipinski definition) is 1. The van der Waals surface area contributed by atoms with E-state index in [1.54, 1.807) is 11.3 Å². The standard InChI is InChI=1S/C12H21BrN2S/c1-4-9(3)15(5-2)11(8-14)12-10(13)6-7-16-12/h6-7,9,11H,4-5,8,14H2,1-3H3. The summed E-state index contributed by atoms with van der Waals surface area (Å²) in [7, 11) is 0. The number of thiophene rings is 1. The van der Waals surface area contributed by atoms with E-state index in [-0.39, 0.29) is 0 Å². The van der Waals surface area contributed by atoms with Crippen LogP contribution in [0.1, 0.15) is 38.1 Å². The molecular weight excluding hydrogens is 284 g/mol. The van der Waals surface area contributed by atoms with Gasteiger partial charge in [-0.05, 0) is 47.3 Å². The molecular formula is C12H21BrN2S. The molecule has 0 aromatic carbocycles. The van der Waals surface area contributed by atoms with Gasteiger partial charge in [0.05, 0.1) is 6.04 Å². The summed E-state index contributed by atoms with van der Waals surface area (Å²) >= 11 is 5.39.